The Morgan fingerprint density at radius 2 is 1.58 bits per heavy atom. The lowest BCUT2D eigenvalue weighted by molar-refractivity contribution is 0.0261. The van der Waals surface area contributed by atoms with E-state index in [1.165, 1.54) is 0 Å². The summed E-state index contributed by atoms with van der Waals surface area (Å²) in [5.41, 5.74) is 5.14. The Morgan fingerprint density at radius 1 is 1.08 bits per heavy atom. The quantitative estimate of drug-likeness (QED) is 0.489. The third-order valence-corrected chi connectivity index (χ3v) is 11.5. The zero-order valence-corrected chi connectivity index (χ0v) is 18.2. The summed E-state index contributed by atoms with van der Waals surface area (Å²) in [4.78, 5) is 14.3. The molecule has 1 amide bonds. The molecule has 1 saturated heterocycles. The molecule has 1 fully saturated rings. The fourth-order valence-electron chi connectivity index (χ4n) is 4.10. The molecule has 4 heteroatoms. The monoisotopic (exact) mass is 351 g/mol. The number of amides is 1. The Hall–Kier alpha value is -0.953. The molecule has 0 spiro atoms. The van der Waals surface area contributed by atoms with Crippen LogP contribution in [0.15, 0.2) is 0 Å². The maximum atomic E-state index is 12.4. The SMILES string of the molecule is CC(C)[Si](C#C[C@@H]1CCCN1C(=O)OC(C)(C)C)(C(C)C)C(C)C. The molecule has 0 unspecified atom stereocenters. The Balaban J connectivity index is 3.05. The number of carbonyl (C=O) groups excluding carboxylic acids is 1. The molecule has 3 nitrogen and oxygen atoms in total. The first-order valence-corrected chi connectivity index (χ1v) is 11.7. The van der Waals surface area contributed by atoms with E-state index < -0.39 is 13.7 Å². The van der Waals surface area contributed by atoms with Gasteiger partial charge < -0.3 is 4.74 Å². The summed E-state index contributed by atoms with van der Waals surface area (Å²) >= 11 is 0. The number of nitrogens with zero attached hydrogens (tertiary/aromatic N) is 1. The van der Waals surface area contributed by atoms with Crippen molar-refractivity contribution in [2.45, 2.75) is 103 Å². The van der Waals surface area contributed by atoms with Gasteiger partial charge in [0.25, 0.3) is 0 Å². The van der Waals surface area contributed by atoms with Gasteiger partial charge in [-0.3, -0.25) is 4.90 Å². The summed E-state index contributed by atoms with van der Waals surface area (Å²) in [7, 11) is -1.75. The van der Waals surface area contributed by atoms with Crippen LogP contribution >= 0.6 is 0 Å². The molecular formula is C20H37NO2Si. The van der Waals surface area contributed by atoms with Crippen LogP contribution in [0.1, 0.15) is 75.2 Å². The summed E-state index contributed by atoms with van der Waals surface area (Å²) in [6, 6.07) is 0.0166. The molecule has 1 atom stereocenters. The van der Waals surface area contributed by atoms with Crippen molar-refractivity contribution >= 4 is 14.2 Å². The number of hydrogen-bond acceptors (Lipinski definition) is 2. The topological polar surface area (TPSA) is 29.5 Å². The van der Waals surface area contributed by atoms with Gasteiger partial charge >= 0.3 is 6.09 Å². The van der Waals surface area contributed by atoms with Gasteiger partial charge in [-0.2, -0.15) is 0 Å². The molecule has 0 saturated carbocycles. The second kappa shape index (κ2) is 7.95. The second-order valence-electron chi connectivity index (χ2n) is 9.00. The summed E-state index contributed by atoms with van der Waals surface area (Å²) < 4.78 is 5.56. The highest BCUT2D eigenvalue weighted by atomic mass is 28.3. The van der Waals surface area contributed by atoms with E-state index in [1.807, 2.05) is 25.7 Å². The number of rotatable bonds is 3. The van der Waals surface area contributed by atoms with Gasteiger partial charge in [0.2, 0.25) is 0 Å². The molecule has 1 aliphatic rings. The minimum atomic E-state index is -1.75. The highest BCUT2D eigenvalue weighted by Crippen LogP contribution is 2.40. The zero-order chi connectivity index (χ0) is 18.7. The summed E-state index contributed by atoms with van der Waals surface area (Å²) in [5.74, 6) is 3.52. The van der Waals surface area contributed by atoms with Crippen LogP contribution < -0.4 is 0 Å². The minimum absolute atomic E-state index is 0.0166. The third kappa shape index (κ3) is 4.78. The van der Waals surface area contributed by atoms with Crippen LogP contribution in [0.5, 0.6) is 0 Å². The van der Waals surface area contributed by atoms with Crippen LogP contribution in [-0.4, -0.2) is 37.3 Å². The number of carbonyl (C=O) groups is 1. The van der Waals surface area contributed by atoms with Gasteiger partial charge in [0, 0.05) is 6.54 Å². The molecule has 0 aromatic rings. The van der Waals surface area contributed by atoms with Crippen LogP contribution in [0, 0.1) is 11.5 Å². The van der Waals surface area contributed by atoms with Gasteiger partial charge in [0.05, 0.1) is 6.04 Å². The molecule has 0 aliphatic carbocycles. The van der Waals surface area contributed by atoms with Crippen LogP contribution in [0.4, 0.5) is 4.79 Å². The lowest BCUT2D eigenvalue weighted by atomic mass is 10.2. The van der Waals surface area contributed by atoms with E-state index in [2.05, 4.69) is 53.0 Å². The lowest BCUT2D eigenvalue weighted by Crippen LogP contribution is -2.44. The predicted molar refractivity (Wildman–Crippen MR) is 105 cm³/mol. The van der Waals surface area contributed by atoms with Gasteiger partial charge in [-0.1, -0.05) is 47.5 Å². The van der Waals surface area contributed by atoms with Crippen molar-refractivity contribution < 1.29 is 9.53 Å². The standard InChI is InChI=1S/C20H37NO2Si/c1-15(2)24(16(3)4,17(5)6)14-12-18-11-10-13-21(18)19(22)23-20(7,8)9/h15-18H,10-11,13H2,1-9H3/t18-/m0/s1. The average Bonchev–Trinajstić information content (AvgIpc) is 2.84. The van der Waals surface area contributed by atoms with Gasteiger partial charge in [-0.05, 0) is 50.2 Å². The maximum Gasteiger partial charge on any atom is 0.411 e. The normalized spacial score (nSPS) is 19.0. The molecule has 1 rings (SSSR count). The molecule has 0 radical (unpaired) electrons. The van der Waals surface area contributed by atoms with Gasteiger partial charge in [0.15, 0.2) is 0 Å². The molecular weight excluding hydrogens is 314 g/mol. The molecule has 0 aromatic carbocycles. The summed E-state index contributed by atoms with van der Waals surface area (Å²) in [6.45, 7) is 20.4. The molecule has 24 heavy (non-hydrogen) atoms. The van der Waals surface area contributed by atoms with E-state index in [1.54, 1.807) is 0 Å². The zero-order valence-electron chi connectivity index (χ0n) is 17.2. The Morgan fingerprint density at radius 3 is 2.00 bits per heavy atom. The van der Waals surface area contributed by atoms with Crippen molar-refractivity contribution in [1.29, 1.82) is 0 Å². The Labute approximate surface area is 150 Å². The van der Waals surface area contributed by atoms with Crippen molar-refractivity contribution in [3.8, 4) is 11.5 Å². The van der Waals surface area contributed by atoms with Crippen molar-refractivity contribution in [1.82, 2.24) is 4.90 Å². The predicted octanol–water partition coefficient (Wildman–Crippen LogP) is 5.61. The Bertz CT molecular complexity index is 472. The number of ether oxygens (including phenoxy) is 1. The van der Waals surface area contributed by atoms with Crippen LogP contribution in [0.2, 0.25) is 16.6 Å². The summed E-state index contributed by atoms with van der Waals surface area (Å²) in [5, 5.41) is 0. The van der Waals surface area contributed by atoms with Crippen LogP contribution in [0.25, 0.3) is 0 Å². The van der Waals surface area contributed by atoms with E-state index in [-0.39, 0.29) is 12.1 Å². The van der Waals surface area contributed by atoms with E-state index >= 15 is 0 Å². The molecule has 0 bridgehead atoms. The highest BCUT2D eigenvalue weighted by molar-refractivity contribution is 6.90. The largest absolute Gasteiger partial charge is 0.444 e. The van der Waals surface area contributed by atoms with Crippen LogP contribution in [-0.2, 0) is 4.74 Å². The average molecular weight is 352 g/mol. The highest BCUT2D eigenvalue weighted by Gasteiger charge is 2.42. The van der Waals surface area contributed by atoms with Crippen molar-refractivity contribution in [2.75, 3.05) is 6.54 Å². The minimum Gasteiger partial charge on any atom is -0.444 e. The first-order valence-electron chi connectivity index (χ1n) is 9.44. The van der Waals surface area contributed by atoms with Gasteiger partial charge in [-0.25, -0.2) is 4.79 Å². The van der Waals surface area contributed by atoms with E-state index in [9.17, 15) is 4.79 Å². The van der Waals surface area contributed by atoms with Crippen molar-refractivity contribution in [3.63, 3.8) is 0 Å². The maximum absolute atomic E-state index is 12.4. The number of likely N-dealkylation sites (tertiary alicyclic amines) is 1. The second-order valence-corrected chi connectivity index (χ2v) is 14.6. The number of hydrogen-bond donors (Lipinski definition) is 0. The molecule has 0 aromatic heterocycles. The fourth-order valence-corrected chi connectivity index (χ4v) is 9.38. The summed E-state index contributed by atoms with van der Waals surface area (Å²) in [6.07, 6.45) is 1.76. The lowest BCUT2D eigenvalue weighted by Gasteiger charge is -2.38. The van der Waals surface area contributed by atoms with Gasteiger partial charge in [-0.15, -0.1) is 5.54 Å². The molecule has 138 valence electrons. The smallest absolute Gasteiger partial charge is 0.411 e. The van der Waals surface area contributed by atoms with Gasteiger partial charge in [0.1, 0.15) is 13.7 Å². The van der Waals surface area contributed by atoms with E-state index in [0.29, 0.717) is 16.6 Å². The first kappa shape index (κ1) is 21.1. The van der Waals surface area contributed by atoms with Crippen molar-refractivity contribution in [2.24, 2.45) is 0 Å². The third-order valence-electron chi connectivity index (χ3n) is 5.20. The Kier molecular flexibility index (Phi) is 6.99. The van der Waals surface area contributed by atoms with Crippen LogP contribution in [0.3, 0.4) is 0 Å². The van der Waals surface area contributed by atoms with Crippen molar-refractivity contribution in [3.05, 3.63) is 0 Å². The fraction of sp³-hybridized carbons (Fsp3) is 0.850. The van der Waals surface area contributed by atoms with E-state index in [4.69, 9.17) is 4.74 Å². The molecule has 1 aliphatic heterocycles. The first-order chi connectivity index (χ1) is 10.9. The molecule has 1 heterocycles. The van der Waals surface area contributed by atoms with E-state index in [0.717, 1.165) is 19.4 Å². The molecule has 0 N–H and O–H groups in total.